The topological polar surface area (TPSA) is 0 Å². The monoisotopic (exact) mass is 232 g/mol. The minimum Gasteiger partial charge on any atom is -0.207 e. The van der Waals surface area contributed by atoms with E-state index in [-0.39, 0.29) is 0 Å². The van der Waals surface area contributed by atoms with Crippen LogP contribution in [0.15, 0.2) is 54.7 Å². The van der Waals surface area contributed by atoms with Crippen LogP contribution in [-0.4, -0.2) is 0 Å². The third-order valence-electron chi connectivity index (χ3n) is 2.92. The molecule has 0 saturated carbocycles. The van der Waals surface area contributed by atoms with E-state index in [2.05, 4.69) is 12.7 Å². The van der Waals surface area contributed by atoms with Gasteiger partial charge in [0.05, 0.1) is 0 Å². The van der Waals surface area contributed by atoms with Gasteiger partial charge in [-0.15, -0.1) is 6.58 Å². The fourth-order valence-electron chi connectivity index (χ4n) is 1.98. The molecule has 2 heteroatoms. The van der Waals surface area contributed by atoms with Crippen molar-refractivity contribution >= 4 is 0 Å². The maximum absolute atomic E-state index is 13.5. The van der Waals surface area contributed by atoms with Crippen molar-refractivity contribution in [1.29, 1.82) is 0 Å². The highest BCUT2D eigenvalue weighted by Crippen LogP contribution is 2.23. The Morgan fingerprint density at radius 3 is 2.88 bits per heavy atom. The summed E-state index contributed by atoms with van der Waals surface area (Å²) in [4.78, 5) is 0. The molecule has 0 radical (unpaired) electrons. The van der Waals surface area contributed by atoms with Crippen molar-refractivity contribution in [2.24, 2.45) is 5.92 Å². The van der Waals surface area contributed by atoms with Crippen LogP contribution in [0.25, 0.3) is 0 Å². The zero-order valence-electron chi connectivity index (χ0n) is 9.50. The van der Waals surface area contributed by atoms with E-state index in [0.29, 0.717) is 17.9 Å². The van der Waals surface area contributed by atoms with E-state index in [1.165, 1.54) is 12.1 Å². The molecule has 1 aliphatic rings. The first-order valence-electron chi connectivity index (χ1n) is 5.62. The Morgan fingerprint density at radius 2 is 2.18 bits per heavy atom. The van der Waals surface area contributed by atoms with Crippen LogP contribution < -0.4 is 0 Å². The summed E-state index contributed by atoms with van der Waals surface area (Å²) in [5, 5.41) is 0. The molecular formula is C15H14F2. The molecule has 2 rings (SSSR count). The van der Waals surface area contributed by atoms with Crippen molar-refractivity contribution in [2.45, 2.75) is 12.8 Å². The third-order valence-corrected chi connectivity index (χ3v) is 2.92. The van der Waals surface area contributed by atoms with Crippen LogP contribution in [0, 0.1) is 17.6 Å². The highest BCUT2D eigenvalue weighted by molar-refractivity contribution is 5.29. The van der Waals surface area contributed by atoms with Crippen LogP contribution in [0.5, 0.6) is 0 Å². The summed E-state index contributed by atoms with van der Waals surface area (Å²) in [5.74, 6) is -0.693. The molecule has 1 aliphatic carbocycles. The quantitative estimate of drug-likeness (QED) is 0.685. The molecule has 0 bridgehead atoms. The average Bonchev–Trinajstić information content (AvgIpc) is 2.33. The zero-order valence-corrected chi connectivity index (χ0v) is 9.50. The normalized spacial score (nSPS) is 18.9. The maximum Gasteiger partial charge on any atom is 0.129 e. The number of allylic oxidation sites excluding steroid dienone is 5. The van der Waals surface area contributed by atoms with Crippen molar-refractivity contribution in [3.63, 3.8) is 0 Å². The lowest BCUT2D eigenvalue weighted by Crippen LogP contribution is -2.03. The van der Waals surface area contributed by atoms with Gasteiger partial charge in [0.15, 0.2) is 0 Å². The first-order chi connectivity index (χ1) is 8.19. The molecule has 0 fully saturated rings. The molecule has 17 heavy (non-hydrogen) atoms. The van der Waals surface area contributed by atoms with E-state index in [0.717, 1.165) is 18.1 Å². The molecule has 0 spiro atoms. The summed E-state index contributed by atoms with van der Waals surface area (Å²) in [6.45, 7) is 3.75. The Labute approximate surface area is 100.0 Å². The van der Waals surface area contributed by atoms with E-state index >= 15 is 0 Å². The largest absolute Gasteiger partial charge is 0.207 e. The van der Waals surface area contributed by atoms with Gasteiger partial charge in [0.2, 0.25) is 0 Å². The Bertz CT molecular complexity index is 484. The van der Waals surface area contributed by atoms with Crippen molar-refractivity contribution in [2.75, 3.05) is 0 Å². The highest BCUT2D eigenvalue weighted by atomic mass is 19.1. The van der Waals surface area contributed by atoms with E-state index in [1.54, 1.807) is 0 Å². The SMILES string of the molecule is C=C[C@H]1C=CC=C(Cc2ccc(F)cc2F)C1. The molecule has 0 unspecified atom stereocenters. The second kappa shape index (κ2) is 5.09. The van der Waals surface area contributed by atoms with Gasteiger partial charge in [-0.3, -0.25) is 0 Å². The molecule has 0 saturated heterocycles. The molecule has 0 N–H and O–H groups in total. The van der Waals surface area contributed by atoms with Crippen LogP contribution in [0.1, 0.15) is 12.0 Å². The van der Waals surface area contributed by atoms with E-state index in [4.69, 9.17) is 0 Å². The lowest BCUT2D eigenvalue weighted by atomic mass is 9.90. The minimum absolute atomic E-state index is 0.318. The van der Waals surface area contributed by atoms with Crippen molar-refractivity contribution in [3.8, 4) is 0 Å². The van der Waals surface area contributed by atoms with Gasteiger partial charge < -0.3 is 0 Å². The molecule has 0 aromatic heterocycles. The lowest BCUT2D eigenvalue weighted by molar-refractivity contribution is 0.573. The smallest absolute Gasteiger partial charge is 0.129 e. The third kappa shape index (κ3) is 2.90. The summed E-state index contributed by atoms with van der Waals surface area (Å²) >= 11 is 0. The summed E-state index contributed by atoms with van der Waals surface area (Å²) < 4.78 is 26.2. The first kappa shape index (κ1) is 11.8. The predicted octanol–water partition coefficient (Wildman–Crippen LogP) is 4.20. The summed E-state index contributed by atoms with van der Waals surface area (Å²) in [5.41, 5.74) is 1.68. The fraction of sp³-hybridized carbons (Fsp3) is 0.200. The summed E-state index contributed by atoms with van der Waals surface area (Å²) in [6, 6.07) is 3.73. The Hall–Kier alpha value is -1.70. The van der Waals surface area contributed by atoms with E-state index < -0.39 is 11.6 Å². The molecule has 1 aromatic rings. The fourth-order valence-corrected chi connectivity index (χ4v) is 1.98. The molecular weight excluding hydrogens is 218 g/mol. The standard InChI is InChI=1S/C15H14F2/c1-2-11-4-3-5-12(8-11)9-13-6-7-14(16)10-15(13)17/h2-7,10-11H,1,8-9H2/t11-/m0/s1. The number of rotatable bonds is 3. The van der Waals surface area contributed by atoms with Gasteiger partial charge in [0.1, 0.15) is 11.6 Å². The second-order valence-corrected chi connectivity index (χ2v) is 4.23. The van der Waals surface area contributed by atoms with Gasteiger partial charge in [-0.1, -0.05) is 35.9 Å². The van der Waals surface area contributed by atoms with Crippen molar-refractivity contribution in [3.05, 3.63) is 71.9 Å². The van der Waals surface area contributed by atoms with Gasteiger partial charge in [-0.2, -0.15) is 0 Å². The van der Waals surface area contributed by atoms with Crippen LogP contribution in [-0.2, 0) is 6.42 Å². The van der Waals surface area contributed by atoms with Crippen molar-refractivity contribution < 1.29 is 8.78 Å². The van der Waals surface area contributed by atoms with Crippen molar-refractivity contribution in [1.82, 2.24) is 0 Å². The molecule has 1 atom stereocenters. The van der Waals surface area contributed by atoms with Crippen LogP contribution in [0.4, 0.5) is 8.78 Å². The molecule has 1 aromatic carbocycles. The summed E-state index contributed by atoms with van der Waals surface area (Å²) in [7, 11) is 0. The molecule has 0 heterocycles. The summed E-state index contributed by atoms with van der Waals surface area (Å²) in [6.07, 6.45) is 9.29. The molecule has 0 amide bonds. The van der Waals surface area contributed by atoms with Gasteiger partial charge >= 0.3 is 0 Å². The van der Waals surface area contributed by atoms with Gasteiger partial charge in [0.25, 0.3) is 0 Å². The second-order valence-electron chi connectivity index (χ2n) is 4.23. The number of hydrogen-bond acceptors (Lipinski definition) is 0. The Balaban J connectivity index is 2.13. The Kier molecular flexibility index (Phi) is 3.52. The van der Waals surface area contributed by atoms with Gasteiger partial charge in [-0.05, 0) is 30.4 Å². The minimum atomic E-state index is -0.535. The predicted molar refractivity (Wildman–Crippen MR) is 65.6 cm³/mol. The van der Waals surface area contributed by atoms with Gasteiger partial charge in [-0.25, -0.2) is 8.78 Å². The number of benzene rings is 1. The molecule has 0 aliphatic heterocycles. The van der Waals surface area contributed by atoms with Crippen LogP contribution >= 0.6 is 0 Å². The lowest BCUT2D eigenvalue weighted by Gasteiger charge is -2.15. The highest BCUT2D eigenvalue weighted by Gasteiger charge is 2.11. The molecule has 0 nitrogen and oxygen atoms in total. The molecule has 88 valence electrons. The van der Waals surface area contributed by atoms with E-state index in [9.17, 15) is 8.78 Å². The first-order valence-corrected chi connectivity index (χ1v) is 5.62. The van der Waals surface area contributed by atoms with Crippen LogP contribution in [0.3, 0.4) is 0 Å². The number of hydrogen-bond donors (Lipinski definition) is 0. The number of halogens is 2. The maximum atomic E-state index is 13.5. The van der Waals surface area contributed by atoms with Gasteiger partial charge in [0, 0.05) is 6.07 Å². The van der Waals surface area contributed by atoms with Crippen LogP contribution in [0.2, 0.25) is 0 Å². The average molecular weight is 232 g/mol. The Morgan fingerprint density at radius 1 is 1.35 bits per heavy atom. The van der Waals surface area contributed by atoms with E-state index in [1.807, 2.05) is 18.2 Å². The zero-order chi connectivity index (χ0) is 12.3.